The van der Waals surface area contributed by atoms with E-state index in [4.69, 9.17) is 37.4 Å². The largest absolute Gasteiger partial charge is 0.619 e. The summed E-state index contributed by atoms with van der Waals surface area (Å²) < 4.78 is 47.6. The number of benzene rings is 1. The van der Waals surface area contributed by atoms with Crippen LogP contribution in [0.15, 0.2) is 24.5 Å². The molecular weight excluding hydrogens is 449 g/mol. The van der Waals surface area contributed by atoms with Gasteiger partial charge in [0.15, 0.2) is 11.5 Å². The lowest BCUT2D eigenvalue weighted by Gasteiger charge is -2.31. The van der Waals surface area contributed by atoms with Crippen LogP contribution in [0.3, 0.4) is 0 Å². The molecule has 4 rings (SSSR count). The summed E-state index contributed by atoms with van der Waals surface area (Å²) in [5.74, 6) is -2.26. The van der Waals surface area contributed by atoms with Gasteiger partial charge in [0, 0.05) is 12.8 Å². The van der Waals surface area contributed by atoms with Crippen molar-refractivity contribution in [3.8, 4) is 17.2 Å². The number of anilines is 1. The third-order valence-electron chi connectivity index (χ3n) is 4.56. The zero-order valence-corrected chi connectivity index (χ0v) is 16.6. The lowest BCUT2D eigenvalue weighted by atomic mass is 10.1. The zero-order valence-electron chi connectivity index (χ0n) is 15.1. The lowest BCUT2D eigenvalue weighted by Crippen LogP contribution is -2.44. The van der Waals surface area contributed by atoms with E-state index in [1.807, 2.05) is 0 Å². The van der Waals surface area contributed by atoms with E-state index in [1.54, 1.807) is 0 Å². The van der Waals surface area contributed by atoms with Gasteiger partial charge >= 0.3 is 6.61 Å². The molecule has 3 heterocycles. The highest BCUT2D eigenvalue weighted by molar-refractivity contribution is 6.39. The van der Waals surface area contributed by atoms with Crippen LogP contribution in [0.4, 0.5) is 14.5 Å². The Kier molecular flexibility index (Phi) is 5.48. The van der Waals surface area contributed by atoms with E-state index in [9.17, 15) is 18.8 Å². The van der Waals surface area contributed by atoms with Crippen molar-refractivity contribution in [3.63, 3.8) is 0 Å². The van der Waals surface area contributed by atoms with Crippen LogP contribution >= 0.6 is 23.2 Å². The molecule has 1 fully saturated rings. The Bertz CT molecular complexity index is 978. The fourth-order valence-corrected chi connectivity index (χ4v) is 3.73. The van der Waals surface area contributed by atoms with Gasteiger partial charge in [-0.05, 0) is 12.1 Å². The van der Waals surface area contributed by atoms with E-state index in [1.165, 1.54) is 12.1 Å². The summed E-state index contributed by atoms with van der Waals surface area (Å²) in [6.07, 6.45) is 2.70. The van der Waals surface area contributed by atoms with Crippen molar-refractivity contribution < 1.29 is 37.3 Å². The number of alkyl halides is 2. The fraction of sp³-hybridized carbons (Fsp3) is 0.333. The number of carbonyl (C=O) groups is 1. The molecule has 0 unspecified atom stereocenters. The highest BCUT2D eigenvalue weighted by Gasteiger charge is 2.46. The Balaban J connectivity index is 1.70. The third kappa shape index (κ3) is 3.90. The van der Waals surface area contributed by atoms with E-state index < -0.39 is 18.3 Å². The number of halogens is 4. The maximum Gasteiger partial charge on any atom is 0.387 e. The van der Waals surface area contributed by atoms with Crippen LogP contribution in [-0.2, 0) is 4.74 Å². The molecule has 2 aromatic rings. The fourth-order valence-electron chi connectivity index (χ4n) is 3.19. The van der Waals surface area contributed by atoms with Crippen molar-refractivity contribution >= 4 is 34.8 Å². The van der Waals surface area contributed by atoms with Crippen LogP contribution in [0.5, 0.6) is 17.2 Å². The van der Waals surface area contributed by atoms with Crippen LogP contribution in [-0.4, -0.2) is 31.5 Å². The topological polar surface area (TPSA) is 93.0 Å². The molecule has 1 amide bonds. The molecule has 1 saturated heterocycles. The Morgan fingerprint density at radius 2 is 1.80 bits per heavy atom. The number of fused-ring (bicyclic) bond motifs is 1. The number of nitrogens with zero attached hydrogens (tertiary/aromatic N) is 1. The summed E-state index contributed by atoms with van der Waals surface area (Å²) >= 11 is 12.0. The summed E-state index contributed by atoms with van der Waals surface area (Å²) in [6, 6.07) is 2.44. The first kappa shape index (κ1) is 20.7. The minimum absolute atomic E-state index is 0.0109. The predicted molar refractivity (Wildman–Crippen MR) is 100 cm³/mol. The Labute approximate surface area is 178 Å². The van der Waals surface area contributed by atoms with Gasteiger partial charge in [-0.1, -0.05) is 23.2 Å². The van der Waals surface area contributed by atoms with Crippen LogP contribution in [0.1, 0.15) is 23.2 Å². The minimum Gasteiger partial charge on any atom is -0.619 e. The van der Waals surface area contributed by atoms with Gasteiger partial charge in [0.2, 0.25) is 18.1 Å². The van der Waals surface area contributed by atoms with Gasteiger partial charge < -0.3 is 29.5 Å². The number of amides is 1. The van der Waals surface area contributed by atoms with Gasteiger partial charge in [0.25, 0.3) is 11.7 Å². The van der Waals surface area contributed by atoms with Crippen molar-refractivity contribution in [2.45, 2.75) is 25.2 Å². The summed E-state index contributed by atoms with van der Waals surface area (Å²) in [4.78, 5) is 12.9. The molecule has 1 N–H and O–H groups in total. The zero-order chi connectivity index (χ0) is 21.5. The number of hydrogen-bond donors (Lipinski definition) is 1. The molecule has 0 saturated carbocycles. The molecule has 0 radical (unpaired) electrons. The average molecular weight is 463 g/mol. The summed E-state index contributed by atoms with van der Waals surface area (Å²) in [5.41, 5.74) is -0.00208. The molecule has 1 aromatic heterocycles. The molecule has 160 valence electrons. The second-order valence-electron chi connectivity index (χ2n) is 6.52. The van der Waals surface area contributed by atoms with Crippen LogP contribution in [0, 0.1) is 5.21 Å². The smallest absolute Gasteiger partial charge is 0.387 e. The van der Waals surface area contributed by atoms with Crippen molar-refractivity contribution in [1.29, 1.82) is 0 Å². The minimum atomic E-state index is -3.09. The lowest BCUT2D eigenvalue weighted by molar-refractivity contribution is -0.605. The third-order valence-corrected chi connectivity index (χ3v) is 5.14. The van der Waals surface area contributed by atoms with Gasteiger partial charge in [-0.15, -0.1) is 0 Å². The molecule has 0 bridgehead atoms. The Morgan fingerprint density at radius 1 is 1.17 bits per heavy atom. The van der Waals surface area contributed by atoms with Crippen molar-refractivity contribution in [3.05, 3.63) is 45.3 Å². The number of ether oxygens (including phenoxy) is 4. The average Bonchev–Trinajstić information content (AvgIpc) is 3.03. The quantitative estimate of drug-likeness (QED) is 0.549. The first-order chi connectivity index (χ1) is 14.3. The first-order valence-corrected chi connectivity index (χ1v) is 9.50. The molecule has 12 heteroatoms. The van der Waals surface area contributed by atoms with E-state index in [-0.39, 0.29) is 38.5 Å². The maximum atomic E-state index is 12.9. The first-order valence-electron chi connectivity index (χ1n) is 8.75. The molecule has 2 aliphatic heterocycles. The normalized spacial score (nSPS) is 16.7. The molecule has 1 aromatic carbocycles. The number of pyridine rings is 1. The van der Waals surface area contributed by atoms with Crippen molar-refractivity contribution in [1.82, 2.24) is 0 Å². The van der Waals surface area contributed by atoms with E-state index in [0.717, 1.165) is 12.4 Å². The molecule has 1 spiro atoms. The van der Waals surface area contributed by atoms with E-state index in [2.05, 4.69) is 10.1 Å². The molecule has 2 aliphatic rings. The Hall–Kier alpha value is -2.56. The molecule has 8 nitrogen and oxygen atoms in total. The van der Waals surface area contributed by atoms with Gasteiger partial charge in [-0.25, -0.2) is 0 Å². The predicted octanol–water partition coefficient (Wildman–Crippen LogP) is 3.76. The molecule has 0 aliphatic carbocycles. The van der Waals surface area contributed by atoms with Crippen LogP contribution in [0.25, 0.3) is 0 Å². The number of carbonyl (C=O) groups excluding carboxylic acids is 1. The number of nitrogens with one attached hydrogen (secondary N) is 1. The maximum absolute atomic E-state index is 12.9. The van der Waals surface area contributed by atoms with Gasteiger partial charge in [0.05, 0.1) is 24.5 Å². The molecule has 0 atom stereocenters. The van der Waals surface area contributed by atoms with E-state index >= 15 is 0 Å². The summed E-state index contributed by atoms with van der Waals surface area (Å²) in [5, 5.41) is 13.7. The molecule has 30 heavy (non-hydrogen) atoms. The second kappa shape index (κ2) is 7.93. The van der Waals surface area contributed by atoms with Gasteiger partial charge in [-0.2, -0.15) is 13.5 Å². The highest BCUT2D eigenvalue weighted by Crippen LogP contribution is 2.51. The number of aromatic nitrogens is 1. The van der Waals surface area contributed by atoms with Crippen molar-refractivity contribution in [2.75, 3.05) is 18.5 Å². The number of hydrogen-bond acceptors (Lipinski definition) is 6. The number of rotatable bonds is 4. The SMILES string of the molecule is O=C(Nc1c(Cl)c[n+]([O-])cc1Cl)c1ccc(OC(F)F)c2c1OC1(CCOCC1)O2. The van der Waals surface area contributed by atoms with Crippen molar-refractivity contribution in [2.24, 2.45) is 0 Å². The van der Waals surface area contributed by atoms with Gasteiger partial charge in [0.1, 0.15) is 10.0 Å². The van der Waals surface area contributed by atoms with Crippen LogP contribution in [0.2, 0.25) is 10.0 Å². The van der Waals surface area contributed by atoms with Crippen LogP contribution < -0.4 is 24.3 Å². The molecular formula is C18H14Cl2F2N2O6. The summed E-state index contributed by atoms with van der Waals surface area (Å²) in [7, 11) is 0. The Morgan fingerprint density at radius 3 is 2.43 bits per heavy atom. The monoisotopic (exact) mass is 462 g/mol. The van der Waals surface area contributed by atoms with Gasteiger partial charge in [-0.3, -0.25) is 4.79 Å². The standard InChI is InChI=1S/C18H14Cl2F2N2O6/c19-10-7-24(26)8-11(20)13(10)23-16(25)9-1-2-12(28-17(21)22)15-14(9)29-18(30-15)3-5-27-6-4-18/h1-2,7-8,17H,3-6H2,(H,23,25). The van der Waals surface area contributed by atoms with E-state index in [0.29, 0.717) is 30.8 Å². The second-order valence-corrected chi connectivity index (χ2v) is 7.33. The summed E-state index contributed by atoms with van der Waals surface area (Å²) in [6.45, 7) is -2.42. The highest BCUT2D eigenvalue weighted by atomic mass is 35.5.